The molecule has 0 aliphatic carbocycles. The summed E-state index contributed by atoms with van der Waals surface area (Å²) in [5.74, 6) is 0.841. The van der Waals surface area contributed by atoms with Crippen LogP contribution >= 0.6 is 0 Å². The molecule has 0 saturated carbocycles. The van der Waals surface area contributed by atoms with Gasteiger partial charge in [-0.2, -0.15) is 0 Å². The Bertz CT molecular complexity index is 193. The molecule has 1 heterocycles. The van der Waals surface area contributed by atoms with Gasteiger partial charge in [-0.05, 0) is 19.5 Å². The van der Waals surface area contributed by atoms with Gasteiger partial charge in [-0.25, -0.2) is 9.97 Å². The van der Waals surface area contributed by atoms with Gasteiger partial charge in [-0.3, -0.25) is 0 Å². The van der Waals surface area contributed by atoms with E-state index in [9.17, 15) is 0 Å². The second kappa shape index (κ2) is 3.27. The van der Waals surface area contributed by atoms with Crippen molar-refractivity contribution in [3.05, 3.63) is 23.8 Å². The van der Waals surface area contributed by atoms with Crippen molar-refractivity contribution in [2.24, 2.45) is 0 Å². The molecule has 0 aliphatic heterocycles. The molecule has 0 aromatic carbocycles. The van der Waals surface area contributed by atoms with Gasteiger partial charge in [0.15, 0.2) is 0 Å². The van der Waals surface area contributed by atoms with Crippen LogP contribution in [0.25, 0.3) is 0 Å². The van der Waals surface area contributed by atoms with E-state index in [0.717, 1.165) is 17.9 Å². The van der Waals surface area contributed by atoms with E-state index >= 15 is 0 Å². The Morgan fingerprint density at radius 2 is 2.00 bits per heavy atom. The van der Waals surface area contributed by atoms with Crippen molar-refractivity contribution < 1.29 is 0 Å². The van der Waals surface area contributed by atoms with Crippen LogP contribution in [0.1, 0.15) is 11.4 Å². The molecule has 1 aromatic rings. The molecule has 0 aliphatic rings. The maximum atomic E-state index is 4.09. The number of hydrogen-bond acceptors (Lipinski definition) is 3. The molecule has 0 spiro atoms. The van der Waals surface area contributed by atoms with Crippen LogP contribution in [-0.2, 0) is 6.54 Å². The smallest absolute Gasteiger partial charge is 0.141 e. The van der Waals surface area contributed by atoms with E-state index in [2.05, 4.69) is 15.3 Å². The van der Waals surface area contributed by atoms with E-state index < -0.39 is 0 Å². The first-order valence-corrected chi connectivity index (χ1v) is 3.25. The van der Waals surface area contributed by atoms with Gasteiger partial charge < -0.3 is 5.32 Å². The van der Waals surface area contributed by atoms with Gasteiger partial charge in [0.25, 0.3) is 0 Å². The summed E-state index contributed by atoms with van der Waals surface area (Å²) >= 11 is 0. The van der Waals surface area contributed by atoms with Gasteiger partial charge in [0.2, 0.25) is 0 Å². The summed E-state index contributed by atoms with van der Waals surface area (Å²) in [4.78, 5) is 8.19. The zero-order chi connectivity index (χ0) is 7.40. The molecule has 3 nitrogen and oxygen atoms in total. The van der Waals surface area contributed by atoms with Crippen LogP contribution in [-0.4, -0.2) is 17.0 Å². The lowest BCUT2D eigenvalue weighted by atomic mass is 10.4. The Labute approximate surface area is 60.5 Å². The summed E-state index contributed by atoms with van der Waals surface area (Å²) in [6.07, 6.45) is 3.64. The van der Waals surface area contributed by atoms with Gasteiger partial charge in [0.05, 0.1) is 6.54 Å². The molecule has 1 N–H and O–H groups in total. The average Bonchev–Trinajstić information content (AvgIpc) is 1.95. The number of nitrogens with one attached hydrogen (secondary N) is 1. The topological polar surface area (TPSA) is 37.8 Å². The van der Waals surface area contributed by atoms with Crippen LogP contribution in [0.5, 0.6) is 0 Å². The standard InChI is InChI=1S/C7H11N3/c1-6-3-9-7(5-8-2)10-4-6/h3-4,8H,5H2,1-2H3. The summed E-state index contributed by atoms with van der Waals surface area (Å²) in [7, 11) is 1.88. The normalized spacial score (nSPS) is 9.80. The molecule has 1 rings (SSSR count). The molecule has 0 radical (unpaired) electrons. The third-order valence-corrected chi connectivity index (χ3v) is 1.17. The summed E-state index contributed by atoms with van der Waals surface area (Å²) in [6.45, 7) is 2.71. The summed E-state index contributed by atoms with van der Waals surface area (Å²) in [6, 6.07) is 0. The van der Waals surface area contributed by atoms with E-state index in [4.69, 9.17) is 0 Å². The second-order valence-corrected chi connectivity index (χ2v) is 2.21. The van der Waals surface area contributed by atoms with Crippen molar-refractivity contribution in [3.63, 3.8) is 0 Å². The van der Waals surface area contributed by atoms with Crippen molar-refractivity contribution in [2.45, 2.75) is 13.5 Å². The maximum absolute atomic E-state index is 4.09. The highest BCUT2D eigenvalue weighted by Crippen LogP contribution is 1.91. The zero-order valence-corrected chi connectivity index (χ0v) is 6.26. The summed E-state index contributed by atoms with van der Waals surface area (Å²) < 4.78 is 0. The predicted octanol–water partition coefficient (Wildman–Crippen LogP) is 0.504. The van der Waals surface area contributed by atoms with E-state index in [1.165, 1.54) is 0 Å². The van der Waals surface area contributed by atoms with Gasteiger partial charge in [-0.15, -0.1) is 0 Å². The van der Waals surface area contributed by atoms with Crippen molar-refractivity contribution in [3.8, 4) is 0 Å². The highest BCUT2D eigenvalue weighted by atomic mass is 14.9. The predicted molar refractivity (Wildman–Crippen MR) is 39.5 cm³/mol. The van der Waals surface area contributed by atoms with Crippen molar-refractivity contribution in [1.29, 1.82) is 0 Å². The zero-order valence-electron chi connectivity index (χ0n) is 6.26. The highest BCUT2D eigenvalue weighted by Gasteiger charge is 1.90. The average molecular weight is 137 g/mol. The Kier molecular flexibility index (Phi) is 2.34. The minimum atomic E-state index is 0.736. The molecule has 0 unspecified atom stereocenters. The third kappa shape index (κ3) is 1.77. The molecule has 1 aromatic heterocycles. The monoisotopic (exact) mass is 137 g/mol. The lowest BCUT2D eigenvalue weighted by Crippen LogP contribution is -2.08. The minimum absolute atomic E-state index is 0.736. The quantitative estimate of drug-likeness (QED) is 0.645. The van der Waals surface area contributed by atoms with E-state index in [-0.39, 0.29) is 0 Å². The fourth-order valence-electron chi connectivity index (χ4n) is 0.669. The lowest BCUT2D eigenvalue weighted by Gasteiger charge is -1.96. The first-order valence-electron chi connectivity index (χ1n) is 3.25. The Morgan fingerprint density at radius 1 is 1.40 bits per heavy atom. The molecular weight excluding hydrogens is 126 g/mol. The van der Waals surface area contributed by atoms with Crippen LogP contribution in [0.3, 0.4) is 0 Å². The first kappa shape index (κ1) is 7.15. The van der Waals surface area contributed by atoms with Crippen LogP contribution < -0.4 is 5.32 Å². The molecule has 54 valence electrons. The second-order valence-electron chi connectivity index (χ2n) is 2.21. The Hall–Kier alpha value is -0.960. The molecule has 0 saturated heterocycles. The van der Waals surface area contributed by atoms with Crippen LogP contribution in [0.15, 0.2) is 12.4 Å². The van der Waals surface area contributed by atoms with Crippen LogP contribution in [0, 0.1) is 6.92 Å². The van der Waals surface area contributed by atoms with E-state index in [1.807, 2.05) is 26.4 Å². The summed E-state index contributed by atoms with van der Waals surface area (Å²) in [5, 5.41) is 2.98. The number of aromatic nitrogens is 2. The molecule has 0 bridgehead atoms. The van der Waals surface area contributed by atoms with Crippen molar-refractivity contribution in [1.82, 2.24) is 15.3 Å². The number of rotatable bonds is 2. The largest absolute Gasteiger partial charge is 0.313 e. The fourth-order valence-corrected chi connectivity index (χ4v) is 0.669. The summed E-state index contributed by atoms with van der Waals surface area (Å²) in [5.41, 5.74) is 1.10. The molecule has 0 atom stereocenters. The van der Waals surface area contributed by atoms with Crippen molar-refractivity contribution in [2.75, 3.05) is 7.05 Å². The highest BCUT2D eigenvalue weighted by molar-refractivity contribution is 5.01. The number of hydrogen-bond donors (Lipinski definition) is 1. The van der Waals surface area contributed by atoms with Crippen LogP contribution in [0.2, 0.25) is 0 Å². The first-order chi connectivity index (χ1) is 4.83. The van der Waals surface area contributed by atoms with E-state index in [0.29, 0.717) is 0 Å². The Morgan fingerprint density at radius 3 is 2.50 bits per heavy atom. The maximum Gasteiger partial charge on any atom is 0.141 e. The van der Waals surface area contributed by atoms with Gasteiger partial charge >= 0.3 is 0 Å². The molecule has 0 fully saturated rings. The lowest BCUT2D eigenvalue weighted by molar-refractivity contribution is 0.756. The molecular formula is C7H11N3. The Balaban J connectivity index is 2.69. The molecule has 10 heavy (non-hydrogen) atoms. The molecule has 3 heteroatoms. The fraction of sp³-hybridized carbons (Fsp3) is 0.429. The minimum Gasteiger partial charge on any atom is -0.313 e. The van der Waals surface area contributed by atoms with Crippen LogP contribution in [0.4, 0.5) is 0 Å². The van der Waals surface area contributed by atoms with E-state index in [1.54, 1.807) is 0 Å². The number of nitrogens with zero attached hydrogens (tertiary/aromatic N) is 2. The third-order valence-electron chi connectivity index (χ3n) is 1.17. The van der Waals surface area contributed by atoms with Crippen molar-refractivity contribution >= 4 is 0 Å². The molecule has 0 amide bonds. The van der Waals surface area contributed by atoms with Gasteiger partial charge in [0, 0.05) is 12.4 Å². The number of aryl methyl sites for hydroxylation is 1. The SMILES string of the molecule is CNCc1ncc(C)cn1. The van der Waals surface area contributed by atoms with Gasteiger partial charge in [-0.1, -0.05) is 0 Å². The van der Waals surface area contributed by atoms with Gasteiger partial charge in [0.1, 0.15) is 5.82 Å².